The number of aromatic nitrogens is 3. The van der Waals surface area contributed by atoms with Gasteiger partial charge in [0.2, 0.25) is 0 Å². The number of hydrogen-bond donors (Lipinski definition) is 1. The largest absolute Gasteiger partial charge is 0.497 e. The van der Waals surface area contributed by atoms with Gasteiger partial charge in [0.25, 0.3) is 0 Å². The summed E-state index contributed by atoms with van der Waals surface area (Å²) < 4.78 is 25.5. The van der Waals surface area contributed by atoms with Crippen LogP contribution in [0.5, 0.6) is 11.5 Å². The number of ether oxygens (including phenoxy) is 2. The molecule has 1 aromatic heterocycles. The highest BCUT2D eigenvalue weighted by molar-refractivity contribution is 5.31. The van der Waals surface area contributed by atoms with E-state index in [1.807, 2.05) is 6.92 Å². The topological polar surface area (TPSA) is 69.4 Å². The molecule has 1 heterocycles. The molecule has 1 N–H and O–H groups in total. The maximum absolute atomic E-state index is 13.2. The number of nitrogens with zero attached hydrogens (tertiary/aromatic N) is 3. The van der Waals surface area contributed by atoms with Gasteiger partial charge in [-0.15, -0.1) is 0 Å². The molecule has 0 aliphatic rings. The first kappa shape index (κ1) is 17.9. The second-order valence-electron chi connectivity index (χ2n) is 5.62. The van der Waals surface area contributed by atoms with Gasteiger partial charge in [-0.05, 0) is 36.8 Å². The van der Waals surface area contributed by atoms with Crippen LogP contribution in [0.1, 0.15) is 30.2 Å². The molecule has 3 aromatic rings. The molecule has 0 saturated carbocycles. The molecule has 0 saturated heterocycles. The molecule has 0 radical (unpaired) electrons. The Morgan fingerprint density at radius 1 is 1.15 bits per heavy atom. The van der Waals surface area contributed by atoms with Crippen molar-refractivity contribution in [2.45, 2.75) is 26.2 Å². The third-order valence-electron chi connectivity index (χ3n) is 3.88. The summed E-state index contributed by atoms with van der Waals surface area (Å²) in [4.78, 5) is 4.39. The number of rotatable bonds is 7. The summed E-state index contributed by atoms with van der Waals surface area (Å²) in [5.74, 6) is 1.58. The molecule has 2 aromatic carbocycles. The fourth-order valence-electron chi connectivity index (χ4n) is 2.54. The summed E-state index contributed by atoms with van der Waals surface area (Å²) >= 11 is 0. The maximum Gasteiger partial charge on any atom is 0.188 e. The standard InChI is InChI=1S/C19H20FN3O3/c1-3-23-19(18(24)13-7-9-15(25-2)10-8-13)21-17(22-23)12-26-16-6-4-5-14(20)11-16/h4-11,18,24H,3,12H2,1-2H3/t18-/m1/s1. The van der Waals surface area contributed by atoms with Crippen LogP contribution in [0.2, 0.25) is 0 Å². The molecule has 6 nitrogen and oxygen atoms in total. The lowest BCUT2D eigenvalue weighted by Crippen LogP contribution is -2.10. The molecule has 136 valence electrons. The molecule has 1 atom stereocenters. The predicted octanol–water partition coefficient (Wildman–Crippen LogP) is 3.11. The van der Waals surface area contributed by atoms with Gasteiger partial charge in [0.05, 0.1) is 7.11 Å². The van der Waals surface area contributed by atoms with Crippen molar-refractivity contribution in [1.82, 2.24) is 14.8 Å². The van der Waals surface area contributed by atoms with E-state index in [4.69, 9.17) is 9.47 Å². The van der Waals surface area contributed by atoms with Crippen molar-refractivity contribution in [1.29, 1.82) is 0 Å². The van der Waals surface area contributed by atoms with Crippen LogP contribution in [0.15, 0.2) is 48.5 Å². The van der Waals surface area contributed by atoms with Gasteiger partial charge in [-0.25, -0.2) is 14.1 Å². The first-order chi connectivity index (χ1) is 12.6. The zero-order valence-corrected chi connectivity index (χ0v) is 14.6. The van der Waals surface area contributed by atoms with Gasteiger partial charge in [-0.3, -0.25) is 0 Å². The van der Waals surface area contributed by atoms with Gasteiger partial charge in [0.15, 0.2) is 11.6 Å². The number of aryl methyl sites for hydroxylation is 1. The van der Waals surface area contributed by atoms with Crippen molar-refractivity contribution >= 4 is 0 Å². The van der Waals surface area contributed by atoms with E-state index >= 15 is 0 Å². The highest BCUT2D eigenvalue weighted by Crippen LogP contribution is 2.23. The van der Waals surface area contributed by atoms with Crippen LogP contribution in [0.3, 0.4) is 0 Å². The molecular formula is C19H20FN3O3. The predicted molar refractivity (Wildman–Crippen MR) is 93.5 cm³/mol. The lowest BCUT2D eigenvalue weighted by Gasteiger charge is -2.11. The normalized spacial score (nSPS) is 12.0. The van der Waals surface area contributed by atoms with Gasteiger partial charge in [0.1, 0.15) is 30.0 Å². The Morgan fingerprint density at radius 2 is 1.92 bits per heavy atom. The summed E-state index contributed by atoms with van der Waals surface area (Å²) in [6.45, 7) is 2.55. The lowest BCUT2D eigenvalue weighted by molar-refractivity contribution is 0.202. The van der Waals surface area contributed by atoms with Crippen LogP contribution in [0, 0.1) is 5.82 Å². The zero-order valence-electron chi connectivity index (χ0n) is 14.6. The van der Waals surface area contributed by atoms with E-state index in [-0.39, 0.29) is 12.4 Å². The van der Waals surface area contributed by atoms with Crippen molar-refractivity contribution in [2.24, 2.45) is 0 Å². The fraction of sp³-hybridized carbons (Fsp3) is 0.263. The highest BCUT2D eigenvalue weighted by atomic mass is 19.1. The minimum atomic E-state index is -0.920. The van der Waals surface area contributed by atoms with Gasteiger partial charge < -0.3 is 14.6 Å². The third kappa shape index (κ3) is 4.00. The number of aliphatic hydroxyl groups is 1. The van der Waals surface area contributed by atoms with Crippen molar-refractivity contribution in [3.05, 3.63) is 71.6 Å². The van der Waals surface area contributed by atoms with Crippen molar-refractivity contribution in [3.63, 3.8) is 0 Å². The lowest BCUT2D eigenvalue weighted by atomic mass is 10.1. The van der Waals surface area contributed by atoms with Crippen LogP contribution in [0.25, 0.3) is 0 Å². The molecule has 0 aliphatic carbocycles. The van der Waals surface area contributed by atoms with E-state index in [1.54, 1.807) is 48.2 Å². The molecular weight excluding hydrogens is 337 g/mol. The van der Waals surface area contributed by atoms with Gasteiger partial charge >= 0.3 is 0 Å². The minimum Gasteiger partial charge on any atom is -0.497 e. The molecule has 26 heavy (non-hydrogen) atoms. The Labute approximate surface area is 150 Å². The number of methoxy groups -OCH3 is 1. The Balaban J connectivity index is 1.77. The molecule has 7 heteroatoms. The van der Waals surface area contributed by atoms with Crippen molar-refractivity contribution in [2.75, 3.05) is 7.11 Å². The Bertz CT molecular complexity index is 865. The molecule has 0 amide bonds. The number of benzene rings is 2. The number of hydrogen-bond acceptors (Lipinski definition) is 5. The van der Waals surface area contributed by atoms with E-state index in [1.165, 1.54) is 12.1 Å². The first-order valence-electron chi connectivity index (χ1n) is 8.24. The average Bonchev–Trinajstić information content (AvgIpc) is 3.09. The minimum absolute atomic E-state index is 0.0821. The molecule has 3 rings (SSSR count). The van der Waals surface area contributed by atoms with Crippen LogP contribution < -0.4 is 9.47 Å². The monoisotopic (exact) mass is 357 g/mol. The van der Waals surface area contributed by atoms with Crippen LogP contribution in [0.4, 0.5) is 4.39 Å². The Kier molecular flexibility index (Phi) is 5.48. The van der Waals surface area contributed by atoms with Gasteiger partial charge in [-0.1, -0.05) is 18.2 Å². The molecule has 0 spiro atoms. The van der Waals surface area contributed by atoms with Crippen molar-refractivity contribution in [3.8, 4) is 11.5 Å². The highest BCUT2D eigenvalue weighted by Gasteiger charge is 2.19. The third-order valence-corrected chi connectivity index (χ3v) is 3.88. The summed E-state index contributed by atoms with van der Waals surface area (Å²) in [7, 11) is 1.59. The first-order valence-corrected chi connectivity index (χ1v) is 8.24. The summed E-state index contributed by atoms with van der Waals surface area (Å²) in [5.41, 5.74) is 0.686. The summed E-state index contributed by atoms with van der Waals surface area (Å²) in [5, 5.41) is 15.0. The van der Waals surface area contributed by atoms with E-state index in [0.29, 0.717) is 35.3 Å². The molecule has 0 fully saturated rings. The second kappa shape index (κ2) is 7.97. The van der Waals surface area contributed by atoms with Crippen LogP contribution in [-0.2, 0) is 13.2 Å². The van der Waals surface area contributed by atoms with E-state index in [0.717, 1.165) is 0 Å². The van der Waals surface area contributed by atoms with Crippen molar-refractivity contribution < 1.29 is 19.0 Å². The Hall–Kier alpha value is -2.93. The quantitative estimate of drug-likeness (QED) is 0.704. The van der Waals surface area contributed by atoms with Gasteiger partial charge in [0, 0.05) is 12.6 Å². The number of halogens is 1. The van der Waals surface area contributed by atoms with E-state index in [9.17, 15) is 9.50 Å². The smallest absolute Gasteiger partial charge is 0.188 e. The zero-order chi connectivity index (χ0) is 18.5. The number of aliphatic hydroxyl groups excluding tert-OH is 1. The van der Waals surface area contributed by atoms with E-state index in [2.05, 4.69) is 10.1 Å². The van der Waals surface area contributed by atoms with Gasteiger partial charge in [-0.2, -0.15) is 5.10 Å². The second-order valence-corrected chi connectivity index (χ2v) is 5.62. The Morgan fingerprint density at radius 3 is 2.58 bits per heavy atom. The van der Waals surface area contributed by atoms with Crippen LogP contribution in [-0.4, -0.2) is 27.0 Å². The maximum atomic E-state index is 13.2. The summed E-state index contributed by atoms with van der Waals surface area (Å²) in [6, 6.07) is 13.0. The molecule has 0 aliphatic heterocycles. The average molecular weight is 357 g/mol. The molecule has 0 bridgehead atoms. The van der Waals surface area contributed by atoms with E-state index < -0.39 is 6.10 Å². The molecule has 0 unspecified atom stereocenters. The summed E-state index contributed by atoms with van der Waals surface area (Å²) in [6.07, 6.45) is -0.920. The SMILES string of the molecule is CCn1nc(COc2cccc(F)c2)nc1[C@H](O)c1ccc(OC)cc1. The van der Waals surface area contributed by atoms with Crippen LogP contribution >= 0.6 is 0 Å². The fourth-order valence-corrected chi connectivity index (χ4v) is 2.54.